The van der Waals surface area contributed by atoms with Crippen molar-refractivity contribution in [2.75, 3.05) is 0 Å². The third-order valence-corrected chi connectivity index (χ3v) is 3.42. The minimum atomic E-state index is -0.549. The van der Waals surface area contributed by atoms with Gasteiger partial charge in [0, 0.05) is 22.2 Å². The standard InChI is InChI=1S/C11H13ClN2O2/c12-8-3-4-9(10(7-8)14(15)16)11(13)5-1-2-6-11/h3-4,7H,1-2,5-6,13H2. The molecule has 0 aromatic heterocycles. The van der Waals surface area contributed by atoms with Crippen molar-refractivity contribution in [3.63, 3.8) is 0 Å². The summed E-state index contributed by atoms with van der Waals surface area (Å²) in [7, 11) is 0. The lowest BCUT2D eigenvalue weighted by Crippen LogP contribution is -2.33. The molecule has 4 nitrogen and oxygen atoms in total. The number of nitrogens with zero attached hydrogens (tertiary/aromatic N) is 1. The Bertz CT molecular complexity index is 428. The summed E-state index contributed by atoms with van der Waals surface area (Å²) in [6.07, 6.45) is 3.65. The first-order valence-electron chi connectivity index (χ1n) is 5.26. The van der Waals surface area contributed by atoms with Crippen LogP contribution < -0.4 is 5.73 Å². The van der Waals surface area contributed by atoms with Gasteiger partial charge in [0.1, 0.15) is 0 Å². The highest BCUT2D eigenvalue weighted by Crippen LogP contribution is 2.41. The quantitative estimate of drug-likeness (QED) is 0.638. The molecule has 0 unspecified atom stereocenters. The fraction of sp³-hybridized carbons (Fsp3) is 0.455. The van der Waals surface area contributed by atoms with Gasteiger partial charge in [-0.15, -0.1) is 0 Å². The molecule has 86 valence electrons. The Labute approximate surface area is 98.5 Å². The fourth-order valence-corrected chi connectivity index (χ4v) is 2.52. The van der Waals surface area contributed by atoms with Gasteiger partial charge in [-0.2, -0.15) is 0 Å². The first-order chi connectivity index (χ1) is 7.53. The Morgan fingerprint density at radius 3 is 2.56 bits per heavy atom. The molecule has 5 heteroatoms. The number of hydrogen-bond acceptors (Lipinski definition) is 3. The van der Waals surface area contributed by atoms with Crippen LogP contribution in [0.2, 0.25) is 5.02 Å². The molecule has 0 bridgehead atoms. The van der Waals surface area contributed by atoms with Crippen LogP contribution in [0.15, 0.2) is 18.2 Å². The Balaban J connectivity index is 2.51. The van der Waals surface area contributed by atoms with Crippen LogP contribution in [0.25, 0.3) is 0 Å². The van der Waals surface area contributed by atoms with E-state index in [9.17, 15) is 10.1 Å². The highest BCUT2D eigenvalue weighted by atomic mass is 35.5. The third kappa shape index (κ3) is 1.90. The smallest absolute Gasteiger partial charge is 0.275 e. The molecule has 1 aromatic rings. The van der Waals surface area contributed by atoms with E-state index in [1.807, 2.05) is 0 Å². The zero-order valence-electron chi connectivity index (χ0n) is 8.78. The van der Waals surface area contributed by atoms with E-state index >= 15 is 0 Å². The van der Waals surface area contributed by atoms with Crippen molar-refractivity contribution in [1.82, 2.24) is 0 Å². The van der Waals surface area contributed by atoms with Gasteiger partial charge in [-0.05, 0) is 25.0 Å². The molecule has 2 rings (SSSR count). The SMILES string of the molecule is NC1(c2ccc(Cl)cc2[N+](=O)[O-])CCCC1. The molecule has 0 aliphatic heterocycles. The van der Waals surface area contributed by atoms with E-state index in [1.54, 1.807) is 12.1 Å². The molecule has 0 radical (unpaired) electrons. The predicted molar refractivity (Wildman–Crippen MR) is 62.4 cm³/mol. The summed E-state index contributed by atoms with van der Waals surface area (Å²) in [5, 5.41) is 11.3. The predicted octanol–water partition coefficient (Wildman–Crippen LogP) is 2.98. The normalized spacial score (nSPS) is 18.6. The van der Waals surface area contributed by atoms with E-state index in [1.165, 1.54) is 6.07 Å². The largest absolute Gasteiger partial charge is 0.321 e. The van der Waals surface area contributed by atoms with Crippen LogP contribution in [-0.2, 0) is 5.54 Å². The second kappa shape index (κ2) is 4.03. The summed E-state index contributed by atoms with van der Waals surface area (Å²) in [5.41, 5.74) is 6.32. The lowest BCUT2D eigenvalue weighted by atomic mass is 9.88. The fourth-order valence-electron chi connectivity index (χ4n) is 2.35. The molecular weight excluding hydrogens is 228 g/mol. The Morgan fingerprint density at radius 1 is 1.38 bits per heavy atom. The van der Waals surface area contributed by atoms with Gasteiger partial charge in [0.15, 0.2) is 0 Å². The Hall–Kier alpha value is -1.13. The van der Waals surface area contributed by atoms with E-state index in [-0.39, 0.29) is 5.69 Å². The van der Waals surface area contributed by atoms with Crippen molar-refractivity contribution in [2.24, 2.45) is 5.73 Å². The molecule has 0 spiro atoms. The average Bonchev–Trinajstić information content (AvgIpc) is 2.66. The summed E-state index contributed by atoms with van der Waals surface area (Å²) in [6, 6.07) is 4.73. The number of halogens is 1. The summed E-state index contributed by atoms with van der Waals surface area (Å²) in [6.45, 7) is 0. The van der Waals surface area contributed by atoms with E-state index in [0.717, 1.165) is 25.7 Å². The van der Waals surface area contributed by atoms with Crippen LogP contribution in [0.1, 0.15) is 31.2 Å². The van der Waals surface area contributed by atoms with Crippen molar-refractivity contribution < 1.29 is 4.92 Å². The highest BCUT2D eigenvalue weighted by Gasteiger charge is 2.36. The monoisotopic (exact) mass is 240 g/mol. The van der Waals surface area contributed by atoms with E-state index in [4.69, 9.17) is 17.3 Å². The number of benzene rings is 1. The van der Waals surface area contributed by atoms with Crippen LogP contribution in [0.3, 0.4) is 0 Å². The van der Waals surface area contributed by atoms with Crippen molar-refractivity contribution in [1.29, 1.82) is 0 Å². The molecule has 0 amide bonds. The van der Waals surface area contributed by atoms with E-state index in [2.05, 4.69) is 0 Å². The number of nitro groups is 1. The van der Waals surface area contributed by atoms with Crippen LogP contribution in [0, 0.1) is 10.1 Å². The van der Waals surface area contributed by atoms with Crippen molar-refractivity contribution >= 4 is 17.3 Å². The maximum atomic E-state index is 11.0. The van der Waals surface area contributed by atoms with Gasteiger partial charge in [0.05, 0.1) is 4.92 Å². The molecule has 1 fully saturated rings. The molecule has 1 saturated carbocycles. The van der Waals surface area contributed by atoms with Crippen molar-refractivity contribution in [3.8, 4) is 0 Å². The van der Waals surface area contributed by atoms with Gasteiger partial charge in [-0.3, -0.25) is 10.1 Å². The number of nitrogens with two attached hydrogens (primary N) is 1. The molecule has 0 saturated heterocycles. The molecule has 0 atom stereocenters. The average molecular weight is 241 g/mol. The summed E-state index contributed by atoms with van der Waals surface area (Å²) in [5.74, 6) is 0. The minimum absolute atomic E-state index is 0.0388. The van der Waals surface area contributed by atoms with Gasteiger partial charge in [-0.1, -0.05) is 24.4 Å². The summed E-state index contributed by atoms with van der Waals surface area (Å²) in [4.78, 5) is 10.6. The van der Waals surface area contributed by atoms with Gasteiger partial charge in [0.2, 0.25) is 0 Å². The molecular formula is C11H13ClN2O2. The molecule has 1 aromatic carbocycles. The number of rotatable bonds is 2. The van der Waals surface area contributed by atoms with Crippen molar-refractivity contribution in [3.05, 3.63) is 38.9 Å². The summed E-state index contributed by atoms with van der Waals surface area (Å²) >= 11 is 5.77. The van der Waals surface area contributed by atoms with Crippen LogP contribution >= 0.6 is 11.6 Å². The first kappa shape index (κ1) is 11.4. The highest BCUT2D eigenvalue weighted by molar-refractivity contribution is 6.30. The van der Waals surface area contributed by atoms with Crippen LogP contribution in [0.5, 0.6) is 0 Å². The van der Waals surface area contributed by atoms with Crippen LogP contribution in [0.4, 0.5) is 5.69 Å². The number of nitro benzene ring substituents is 1. The lowest BCUT2D eigenvalue weighted by Gasteiger charge is -2.23. The maximum Gasteiger partial charge on any atom is 0.275 e. The topological polar surface area (TPSA) is 69.2 Å². The van der Waals surface area contributed by atoms with E-state index < -0.39 is 10.5 Å². The second-order valence-corrected chi connectivity index (χ2v) is 4.72. The Kier molecular flexibility index (Phi) is 2.86. The van der Waals surface area contributed by atoms with Gasteiger partial charge in [0.25, 0.3) is 5.69 Å². The number of hydrogen-bond donors (Lipinski definition) is 1. The van der Waals surface area contributed by atoms with Gasteiger partial charge < -0.3 is 5.73 Å². The minimum Gasteiger partial charge on any atom is -0.321 e. The maximum absolute atomic E-state index is 11.0. The first-order valence-corrected chi connectivity index (χ1v) is 5.64. The molecule has 1 aliphatic carbocycles. The molecule has 0 heterocycles. The molecule has 2 N–H and O–H groups in total. The molecule has 1 aliphatic rings. The van der Waals surface area contributed by atoms with E-state index in [0.29, 0.717) is 10.6 Å². The zero-order valence-corrected chi connectivity index (χ0v) is 9.54. The lowest BCUT2D eigenvalue weighted by molar-refractivity contribution is -0.386. The van der Waals surface area contributed by atoms with Crippen LogP contribution in [-0.4, -0.2) is 4.92 Å². The third-order valence-electron chi connectivity index (χ3n) is 3.19. The second-order valence-electron chi connectivity index (χ2n) is 4.28. The van der Waals surface area contributed by atoms with Gasteiger partial charge >= 0.3 is 0 Å². The summed E-state index contributed by atoms with van der Waals surface area (Å²) < 4.78 is 0. The van der Waals surface area contributed by atoms with Crippen molar-refractivity contribution in [2.45, 2.75) is 31.2 Å². The van der Waals surface area contributed by atoms with Gasteiger partial charge in [-0.25, -0.2) is 0 Å². The molecule has 16 heavy (non-hydrogen) atoms. The zero-order chi connectivity index (χ0) is 11.8. The Morgan fingerprint density at radius 2 is 2.00 bits per heavy atom.